The first-order valence-corrected chi connectivity index (χ1v) is 19.2. The number of anilines is 2. The average molecular weight is 870 g/mol. The van der Waals surface area contributed by atoms with Crippen molar-refractivity contribution in [1.82, 2.24) is 19.6 Å². The molecule has 2 amide bonds. The highest BCUT2D eigenvalue weighted by Gasteiger charge is 2.21. The highest BCUT2D eigenvalue weighted by atomic mass is 79.9. The minimum Gasteiger partial charge on any atom is -0.323 e. The van der Waals surface area contributed by atoms with Gasteiger partial charge in [0.05, 0.1) is 23.8 Å². The molecule has 0 aliphatic heterocycles. The lowest BCUT2D eigenvalue weighted by Gasteiger charge is -2.05. The van der Waals surface area contributed by atoms with E-state index in [1.807, 2.05) is 62.6 Å². The van der Waals surface area contributed by atoms with Crippen molar-refractivity contribution >= 4 is 75.5 Å². The van der Waals surface area contributed by atoms with Crippen LogP contribution in [-0.2, 0) is 50.5 Å². The smallest absolute Gasteiger partial charge is 0.323 e. The number of amides is 2. The van der Waals surface area contributed by atoms with Gasteiger partial charge in [-0.05, 0) is 71.8 Å². The van der Waals surface area contributed by atoms with E-state index in [2.05, 4.69) is 52.7 Å². The van der Waals surface area contributed by atoms with Crippen LogP contribution < -0.4 is 10.6 Å². The van der Waals surface area contributed by atoms with Crippen molar-refractivity contribution in [2.24, 2.45) is 14.1 Å². The first kappa shape index (κ1) is 38.4. The quantitative estimate of drug-likeness (QED) is 0.0824. The molecule has 0 aliphatic carbocycles. The molecule has 4 aromatic carbocycles. The van der Waals surface area contributed by atoms with Crippen molar-refractivity contribution in [2.45, 2.75) is 13.2 Å². The summed E-state index contributed by atoms with van der Waals surface area (Å²) < 4.78 is 28.7. The van der Waals surface area contributed by atoms with Crippen molar-refractivity contribution in [2.75, 3.05) is 10.6 Å². The van der Waals surface area contributed by atoms with Gasteiger partial charge in [-0.15, -0.1) is 9.05 Å². The number of nitrogens with one attached hydrogen (secondary N) is 2. The summed E-state index contributed by atoms with van der Waals surface area (Å²) in [5.74, 6) is -0.582. The van der Waals surface area contributed by atoms with Gasteiger partial charge >= 0.3 is 8.25 Å². The molecule has 2 aromatic heterocycles. The number of aryl methyl sites for hydroxylation is 2. The van der Waals surface area contributed by atoms with E-state index in [1.54, 1.807) is 82.4 Å². The zero-order chi connectivity index (χ0) is 38.0. The highest BCUT2D eigenvalue weighted by molar-refractivity contribution is 9.10. The van der Waals surface area contributed by atoms with Gasteiger partial charge in [-0.25, -0.2) is 0 Å². The molecule has 0 saturated heterocycles. The molecule has 14 heteroatoms. The zero-order valence-corrected chi connectivity index (χ0v) is 33.2. The Kier molecular flexibility index (Phi) is 12.9. The van der Waals surface area contributed by atoms with Crippen molar-refractivity contribution in [3.05, 3.63) is 153 Å². The first-order valence-electron chi connectivity index (χ1n) is 16.6. The third-order valence-corrected chi connectivity index (χ3v) is 9.85. The van der Waals surface area contributed by atoms with Gasteiger partial charge in [-0.3, -0.25) is 19.0 Å². The Bertz CT molecular complexity index is 2160. The van der Waals surface area contributed by atoms with Crippen molar-refractivity contribution in [3.8, 4) is 22.5 Å². The van der Waals surface area contributed by atoms with Crippen LogP contribution in [0.25, 0.3) is 34.7 Å². The monoisotopic (exact) mass is 867 g/mol. The third kappa shape index (κ3) is 10.4. The molecule has 54 heavy (non-hydrogen) atoms. The lowest BCUT2D eigenvalue weighted by Crippen LogP contribution is -2.07. The number of aromatic nitrogens is 4. The van der Waals surface area contributed by atoms with Gasteiger partial charge < -0.3 is 10.6 Å². The summed E-state index contributed by atoms with van der Waals surface area (Å²) in [6.45, 7) is 0.122. The largest absolute Gasteiger partial charge is 0.698 e. The van der Waals surface area contributed by atoms with Gasteiger partial charge in [0.25, 0.3) is 0 Å². The lowest BCUT2D eigenvalue weighted by atomic mass is 10.1. The summed E-state index contributed by atoms with van der Waals surface area (Å²) in [5, 5.41) is 14.4. The maximum absolute atomic E-state index is 12.6. The van der Waals surface area contributed by atoms with Gasteiger partial charge in [0.2, 0.25) is 11.8 Å². The van der Waals surface area contributed by atoms with Gasteiger partial charge in [0.1, 0.15) is 13.2 Å². The number of nitrogens with zero attached hydrogens (tertiary/aromatic N) is 4. The van der Waals surface area contributed by atoms with E-state index >= 15 is 0 Å². The second-order valence-corrected chi connectivity index (χ2v) is 14.8. The maximum Gasteiger partial charge on any atom is 0.698 e. The lowest BCUT2D eigenvalue weighted by molar-refractivity contribution is -0.112. The van der Waals surface area contributed by atoms with Crippen LogP contribution in [0.5, 0.6) is 0 Å². The fourth-order valence-corrected chi connectivity index (χ4v) is 6.55. The molecule has 0 atom stereocenters. The summed E-state index contributed by atoms with van der Waals surface area (Å²) in [5.41, 5.74) is 8.11. The van der Waals surface area contributed by atoms with Crippen LogP contribution >= 0.6 is 40.1 Å². The summed E-state index contributed by atoms with van der Waals surface area (Å²) in [7, 11) is 1.33. The fraction of sp³-hybridized carbons (Fsp3) is 0.100. The molecular formula is C40H34Br2N6O5P+. The summed E-state index contributed by atoms with van der Waals surface area (Å²) >= 11 is 6.91. The van der Waals surface area contributed by atoms with E-state index in [1.165, 1.54) is 12.2 Å². The third-order valence-electron chi connectivity index (χ3n) is 8.11. The van der Waals surface area contributed by atoms with Crippen LogP contribution in [0.3, 0.4) is 0 Å². The molecule has 2 heterocycles. The van der Waals surface area contributed by atoms with E-state index in [-0.39, 0.29) is 25.0 Å². The molecule has 272 valence electrons. The van der Waals surface area contributed by atoms with Gasteiger partial charge in [-0.1, -0.05) is 80.4 Å². The molecular weight excluding hydrogens is 835 g/mol. The second-order valence-electron chi connectivity index (χ2n) is 12.0. The summed E-state index contributed by atoms with van der Waals surface area (Å²) in [6.07, 6.45) is 9.82. The van der Waals surface area contributed by atoms with Gasteiger partial charge in [0.15, 0.2) is 0 Å². The minimum atomic E-state index is -2.39. The van der Waals surface area contributed by atoms with Crippen molar-refractivity contribution in [3.63, 3.8) is 0 Å². The van der Waals surface area contributed by atoms with Crippen LogP contribution in [0.2, 0.25) is 0 Å². The molecule has 0 saturated carbocycles. The predicted molar refractivity (Wildman–Crippen MR) is 218 cm³/mol. The standard InChI is InChI=1S/C40H33Br2N6O5P/c1-47-39(29-7-13-33(41)14-8-29)31(23-43-47)11-21-37(49)45-35-17-3-27(4-18-35)25-52-54(51)53-26-28-5-19-36(20-6-28)46-38(50)22-12-32-24-44-48(2)40(32)30-9-15-34(42)16-10-30/h3-24H,25-26H2,1-2H3,(H-,45,46,49,50)/p+1/b21-11+,22-12+. The van der Waals surface area contributed by atoms with Crippen LogP contribution in [0.4, 0.5) is 11.4 Å². The van der Waals surface area contributed by atoms with Crippen molar-refractivity contribution in [1.29, 1.82) is 0 Å². The average Bonchev–Trinajstić information content (AvgIpc) is 3.74. The van der Waals surface area contributed by atoms with Crippen LogP contribution in [-0.4, -0.2) is 31.4 Å². The molecule has 11 nitrogen and oxygen atoms in total. The van der Waals surface area contributed by atoms with E-state index in [9.17, 15) is 14.2 Å². The number of benzene rings is 4. The Morgan fingerprint density at radius 3 is 1.37 bits per heavy atom. The first-order chi connectivity index (χ1) is 26.1. The molecule has 0 unspecified atom stereocenters. The highest BCUT2D eigenvalue weighted by Crippen LogP contribution is 2.29. The Hall–Kier alpha value is -5.30. The second kappa shape index (κ2) is 18.2. The zero-order valence-electron chi connectivity index (χ0n) is 29.1. The minimum absolute atomic E-state index is 0.0608. The molecule has 0 spiro atoms. The molecule has 0 aliphatic rings. The molecule has 0 radical (unpaired) electrons. The predicted octanol–water partition coefficient (Wildman–Crippen LogP) is 9.71. The van der Waals surface area contributed by atoms with Gasteiger partial charge in [-0.2, -0.15) is 10.2 Å². The van der Waals surface area contributed by atoms with Crippen LogP contribution in [0, 0.1) is 0 Å². The van der Waals surface area contributed by atoms with Crippen LogP contribution in [0.1, 0.15) is 22.3 Å². The van der Waals surface area contributed by atoms with Gasteiger partial charge in [0, 0.05) is 73.4 Å². The number of hydrogen-bond acceptors (Lipinski definition) is 7. The molecule has 2 N–H and O–H groups in total. The Morgan fingerprint density at radius 1 is 0.630 bits per heavy atom. The molecule has 0 bridgehead atoms. The van der Waals surface area contributed by atoms with E-state index < -0.39 is 8.25 Å². The number of hydrogen-bond donors (Lipinski definition) is 2. The number of halogens is 2. The Labute approximate surface area is 329 Å². The molecule has 0 fully saturated rings. The fourth-order valence-electron chi connectivity index (χ4n) is 5.43. The van der Waals surface area contributed by atoms with Crippen molar-refractivity contribution < 1.29 is 23.2 Å². The number of rotatable bonds is 14. The summed E-state index contributed by atoms with van der Waals surface area (Å²) in [6, 6.07) is 29.8. The molecule has 6 rings (SSSR count). The Balaban J connectivity index is 0.922. The maximum atomic E-state index is 12.6. The van der Waals surface area contributed by atoms with E-state index in [4.69, 9.17) is 9.05 Å². The SMILES string of the molecule is Cn1ncc(/C=C/C(=O)Nc2ccc(CO[P+](=O)OCc3ccc(NC(=O)/C=C/c4cnn(C)c4-c4ccc(Br)cc4)cc3)cc2)c1-c1ccc(Br)cc1. The Morgan fingerprint density at radius 2 is 1.00 bits per heavy atom. The molecule has 6 aromatic rings. The van der Waals surface area contributed by atoms with E-state index in [0.717, 1.165) is 53.7 Å². The topological polar surface area (TPSA) is 129 Å². The summed E-state index contributed by atoms with van der Waals surface area (Å²) in [4.78, 5) is 25.3. The number of carbonyl (C=O) groups excluding carboxylic acids is 2. The number of carbonyl (C=O) groups is 2. The van der Waals surface area contributed by atoms with E-state index in [0.29, 0.717) is 11.4 Å². The van der Waals surface area contributed by atoms with Crippen LogP contribution in [0.15, 0.2) is 131 Å². The normalized spacial score (nSPS) is 11.3.